The van der Waals surface area contributed by atoms with Gasteiger partial charge in [-0.25, -0.2) is 9.78 Å². The summed E-state index contributed by atoms with van der Waals surface area (Å²) < 4.78 is 1.41. The van der Waals surface area contributed by atoms with E-state index in [0.717, 1.165) is 18.4 Å². The molecular weight excluding hydrogens is 294 g/mol. The Morgan fingerprint density at radius 1 is 1.22 bits per heavy atom. The topological polar surface area (TPSA) is 84.0 Å². The number of carboxylic acid groups (broad SMARTS) is 1. The van der Waals surface area contributed by atoms with Crippen molar-refractivity contribution in [3.05, 3.63) is 58.6 Å². The number of pyridine rings is 1. The fraction of sp³-hybridized carbons (Fsp3) is 0.176. The largest absolute Gasteiger partial charge is 0.478 e. The fourth-order valence-corrected chi connectivity index (χ4v) is 2.56. The SMILES string of the molecule is CCCc1ccc(-c2nc3ccc(C(=O)O)cn3c2N=O)cc1. The Kier molecular flexibility index (Phi) is 3.89. The molecule has 6 nitrogen and oxygen atoms in total. The van der Waals surface area contributed by atoms with Crippen molar-refractivity contribution in [2.45, 2.75) is 19.8 Å². The highest BCUT2D eigenvalue weighted by Gasteiger charge is 2.16. The van der Waals surface area contributed by atoms with Crippen LogP contribution in [0.15, 0.2) is 47.8 Å². The van der Waals surface area contributed by atoms with Gasteiger partial charge in [0.05, 0.1) is 5.56 Å². The zero-order chi connectivity index (χ0) is 16.4. The molecule has 0 radical (unpaired) electrons. The van der Waals surface area contributed by atoms with Crippen LogP contribution in [0.1, 0.15) is 29.3 Å². The van der Waals surface area contributed by atoms with Gasteiger partial charge in [0.1, 0.15) is 11.3 Å². The second-order valence-corrected chi connectivity index (χ2v) is 5.27. The van der Waals surface area contributed by atoms with Crippen LogP contribution < -0.4 is 0 Å². The molecule has 0 unspecified atom stereocenters. The van der Waals surface area contributed by atoms with Gasteiger partial charge in [0.25, 0.3) is 0 Å². The minimum atomic E-state index is -1.07. The molecular formula is C17H15N3O3. The van der Waals surface area contributed by atoms with Crippen molar-refractivity contribution >= 4 is 17.4 Å². The Morgan fingerprint density at radius 3 is 2.57 bits per heavy atom. The molecule has 0 bridgehead atoms. The summed E-state index contributed by atoms with van der Waals surface area (Å²) in [6.07, 6.45) is 3.41. The molecule has 116 valence electrons. The van der Waals surface area contributed by atoms with Crippen LogP contribution in [0.5, 0.6) is 0 Å². The Labute approximate surface area is 132 Å². The first-order chi connectivity index (χ1) is 11.1. The molecule has 1 aromatic carbocycles. The third-order valence-corrected chi connectivity index (χ3v) is 3.69. The van der Waals surface area contributed by atoms with E-state index in [1.807, 2.05) is 24.3 Å². The summed E-state index contributed by atoms with van der Waals surface area (Å²) in [6, 6.07) is 10.8. The number of aromatic nitrogens is 2. The van der Waals surface area contributed by atoms with E-state index in [0.29, 0.717) is 11.3 Å². The highest BCUT2D eigenvalue weighted by atomic mass is 16.4. The van der Waals surface area contributed by atoms with Crippen LogP contribution in [0.3, 0.4) is 0 Å². The number of hydrogen-bond donors (Lipinski definition) is 1. The summed E-state index contributed by atoms with van der Waals surface area (Å²) in [5.74, 6) is -0.964. The Bertz CT molecular complexity index is 882. The maximum Gasteiger partial charge on any atom is 0.337 e. The first kappa shape index (κ1) is 14.9. The minimum Gasteiger partial charge on any atom is -0.478 e. The Morgan fingerprint density at radius 2 is 1.96 bits per heavy atom. The number of fused-ring (bicyclic) bond motifs is 1. The smallest absolute Gasteiger partial charge is 0.337 e. The van der Waals surface area contributed by atoms with Crippen molar-refractivity contribution in [1.29, 1.82) is 0 Å². The maximum absolute atomic E-state index is 11.3. The first-order valence-electron chi connectivity index (χ1n) is 7.32. The molecule has 0 spiro atoms. The van der Waals surface area contributed by atoms with E-state index in [1.165, 1.54) is 22.2 Å². The number of carbonyl (C=O) groups is 1. The van der Waals surface area contributed by atoms with Crippen molar-refractivity contribution in [2.75, 3.05) is 0 Å². The summed E-state index contributed by atoms with van der Waals surface area (Å²) in [4.78, 5) is 26.8. The molecule has 2 heterocycles. The molecule has 0 saturated carbocycles. The van der Waals surface area contributed by atoms with Crippen LogP contribution in [0.4, 0.5) is 5.82 Å². The predicted molar refractivity (Wildman–Crippen MR) is 87.0 cm³/mol. The molecule has 1 N–H and O–H groups in total. The van der Waals surface area contributed by atoms with Crippen molar-refractivity contribution < 1.29 is 9.90 Å². The zero-order valence-corrected chi connectivity index (χ0v) is 12.6. The molecule has 3 aromatic rings. The molecule has 6 heteroatoms. The van der Waals surface area contributed by atoms with E-state index >= 15 is 0 Å². The van der Waals surface area contributed by atoms with E-state index in [9.17, 15) is 9.70 Å². The Hall–Kier alpha value is -3.02. The van der Waals surface area contributed by atoms with E-state index in [2.05, 4.69) is 17.1 Å². The van der Waals surface area contributed by atoms with Crippen LogP contribution in [-0.2, 0) is 6.42 Å². The molecule has 0 aliphatic rings. The average Bonchev–Trinajstić information content (AvgIpc) is 2.93. The molecule has 23 heavy (non-hydrogen) atoms. The molecule has 0 fully saturated rings. The van der Waals surface area contributed by atoms with Crippen LogP contribution in [0.2, 0.25) is 0 Å². The van der Waals surface area contributed by atoms with Gasteiger partial charge in [-0.15, -0.1) is 4.91 Å². The van der Waals surface area contributed by atoms with Gasteiger partial charge >= 0.3 is 5.97 Å². The number of nitroso groups, excluding NO2 is 1. The number of imidazole rings is 1. The second kappa shape index (κ2) is 6.00. The van der Waals surface area contributed by atoms with Crippen molar-refractivity contribution in [3.63, 3.8) is 0 Å². The van der Waals surface area contributed by atoms with Gasteiger partial charge in [-0.3, -0.25) is 4.40 Å². The van der Waals surface area contributed by atoms with Crippen molar-refractivity contribution in [3.8, 4) is 11.3 Å². The van der Waals surface area contributed by atoms with E-state index in [4.69, 9.17) is 5.11 Å². The normalized spacial score (nSPS) is 10.8. The number of aryl methyl sites for hydroxylation is 1. The molecule has 0 amide bonds. The Balaban J connectivity index is 2.13. The lowest BCUT2D eigenvalue weighted by molar-refractivity contribution is 0.0696. The standard InChI is InChI=1S/C17H15N3O3/c1-2-3-11-4-6-12(7-5-11)15-16(19-23)20-10-13(17(21)22)8-9-14(20)18-15/h4-10H,2-3H2,1H3,(H,21,22). The molecule has 0 saturated heterocycles. The predicted octanol–water partition coefficient (Wildman–Crippen LogP) is 4.05. The van der Waals surface area contributed by atoms with Crippen molar-refractivity contribution in [2.24, 2.45) is 5.18 Å². The van der Waals surface area contributed by atoms with Gasteiger partial charge in [-0.05, 0) is 29.3 Å². The van der Waals surface area contributed by atoms with E-state index < -0.39 is 5.97 Å². The number of hydrogen-bond acceptors (Lipinski definition) is 4. The molecule has 2 aromatic heterocycles. The number of rotatable bonds is 5. The van der Waals surface area contributed by atoms with Crippen molar-refractivity contribution in [1.82, 2.24) is 9.38 Å². The van der Waals surface area contributed by atoms with Gasteiger partial charge in [-0.1, -0.05) is 37.6 Å². The third kappa shape index (κ3) is 2.70. The molecule has 0 atom stereocenters. The number of carboxylic acids is 1. The number of aromatic carboxylic acids is 1. The lowest BCUT2D eigenvalue weighted by atomic mass is 10.1. The number of nitrogens with zero attached hydrogens (tertiary/aromatic N) is 3. The highest BCUT2D eigenvalue weighted by Crippen LogP contribution is 2.31. The monoisotopic (exact) mass is 309 g/mol. The first-order valence-corrected chi connectivity index (χ1v) is 7.32. The second-order valence-electron chi connectivity index (χ2n) is 5.27. The zero-order valence-electron chi connectivity index (χ0n) is 12.6. The summed E-state index contributed by atoms with van der Waals surface area (Å²) >= 11 is 0. The summed E-state index contributed by atoms with van der Waals surface area (Å²) in [5, 5.41) is 12.1. The maximum atomic E-state index is 11.3. The van der Waals surface area contributed by atoms with E-state index in [-0.39, 0.29) is 11.4 Å². The minimum absolute atomic E-state index is 0.0737. The van der Waals surface area contributed by atoms with Gasteiger partial charge in [0.2, 0.25) is 5.82 Å². The van der Waals surface area contributed by atoms with Crippen LogP contribution >= 0.6 is 0 Å². The third-order valence-electron chi connectivity index (χ3n) is 3.69. The number of benzene rings is 1. The fourth-order valence-electron chi connectivity index (χ4n) is 2.56. The lowest BCUT2D eigenvalue weighted by Gasteiger charge is -2.01. The summed E-state index contributed by atoms with van der Waals surface area (Å²) in [6.45, 7) is 2.12. The van der Waals surface area contributed by atoms with Gasteiger partial charge < -0.3 is 5.11 Å². The quantitative estimate of drug-likeness (QED) is 0.720. The van der Waals surface area contributed by atoms with Gasteiger partial charge in [-0.2, -0.15) is 0 Å². The van der Waals surface area contributed by atoms with Crippen LogP contribution in [0, 0.1) is 4.91 Å². The van der Waals surface area contributed by atoms with E-state index in [1.54, 1.807) is 6.07 Å². The highest BCUT2D eigenvalue weighted by molar-refractivity contribution is 5.88. The molecule has 3 rings (SSSR count). The molecule has 0 aliphatic carbocycles. The van der Waals surface area contributed by atoms with Crippen LogP contribution in [0.25, 0.3) is 16.9 Å². The van der Waals surface area contributed by atoms with Gasteiger partial charge in [0, 0.05) is 11.8 Å². The average molecular weight is 309 g/mol. The van der Waals surface area contributed by atoms with Crippen LogP contribution in [-0.4, -0.2) is 20.5 Å². The summed E-state index contributed by atoms with van der Waals surface area (Å²) in [7, 11) is 0. The molecule has 0 aliphatic heterocycles. The lowest BCUT2D eigenvalue weighted by Crippen LogP contribution is -1.98. The van der Waals surface area contributed by atoms with Gasteiger partial charge in [0.15, 0.2) is 0 Å². The summed E-state index contributed by atoms with van der Waals surface area (Å²) in [5.41, 5.74) is 3.00.